The van der Waals surface area contributed by atoms with Gasteiger partial charge < -0.3 is 15.4 Å². The fourth-order valence-corrected chi connectivity index (χ4v) is 2.36. The molecule has 0 bridgehead atoms. The van der Waals surface area contributed by atoms with Gasteiger partial charge in [-0.2, -0.15) is 0 Å². The van der Waals surface area contributed by atoms with Gasteiger partial charge in [0.25, 0.3) is 0 Å². The minimum Gasteiger partial charge on any atom is -0.423 e. The standard InChI is InChI=1S/C12H18BN5O2/c1-9-10(8-18-4-2-15-3-5-18)6-11(13(19)20)7-12(9)16-17-14/h6-7,15,19-20H,2-5,8H2,1H3. The first-order valence-corrected chi connectivity index (χ1v) is 6.59. The second-order valence-corrected chi connectivity index (χ2v) is 4.91. The summed E-state index contributed by atoms with van der Waals surface area (Å²) >= 11 is 0. The number of azide groups is 1. The van der Waals surface area contributed by atoms with Gasteiger partial charge in [-0.25, -0.2) is 0 Å². The Balaban J connectivity index is 2.31. The highest BCUT2D eigenvalue weighted by Crippen LogP contribution is 2.22. The van der Waals surface area contributed by atoms with Gasteiger partial charge >= 0.3 is 7.12 Å². The van der Waals surface area contributed by atoms with Crippen molar-refractivity contribution in [1.82, 2.24) is 10.2 Å². The summed E-state index contributed by atoms with van der Waals surface area (Å²) < 4.78 is 0. The molecule has 3 N–H and O–H groups in total. The molecule has 0 amide bonds. The topological polar surface area (TPSA) is 104 Å². The van der Waals surface area contributed by atoms with E-state index >= 15 is 0 Å². The third-order valence-corrected chi connectivity index (χ3v) is 3.56. The van der Waals surface area contributed by atoms with Crippen molar-refractivity contribution in [2.45, 2.75) is 13.5 Å². The zero-order valence-corrected chi connectivity index (χ0v) is 11.5. The van der Waals surface area contributed by atoms with Crippen molar-refractivity contribution in [3.63, 3.8) is 0 Å². The van der Waals surface area contributed by atoms with Gasteiger partial charge in [0, 0.05) is 43.3 Å². The van der Waals surface area contributed by atoms with Crippen LogP contribution in [0.1, 0.15) is 11.1 Å². The molecular formula is C12H18BN5O2. The third kappa shape index (κ3) is 3.50. The van der Waals surface area contributed by atoms with Crippen LogP contribution >= 0.6 is 0 Å². The van der Waals surface area contributed by atoms with Crippen LogP contribution in [0.2, 0.25) is 0 Å². The molecule has 1 saturated heterocycles. The molecular weight excluding hydrogens is 257 g/mol. The summed E-state index contributed by atoms with van der Waals surface area (Å²) in [6, 6.07) is 3.28. The largest absolute Gasteiger partial charge is 0.488 e. The lowest BCUT2D eigenvalue weighted by Crippen LogP contribution is -2.43. The molecule has 0 unspecified atom stereocenters. The van der Waals surface area contributed by atoms with Crippen molar-refractivity contribution in [2.75, 3.05) is 26.2 Å². The summed E-state index contributed by atoms with van der Waals surface area (Å²) in [5.74, 6) is 0. The SMILES string of the molecule is Cc1c(CN2CCNCC2)cc(B(O)O)cc1N=[N+]=[N-]. The van der Waals surface area contributed by atoms with Crippen molar-refractivity contribution in [1.29, 1.82) is 0 Å². The molecule has 0 aliphatic carbocycles. The fourth-order valence-electron chi connectivity index (χ4n) is 2.36. The van der Waals surface area contributed by atoms with E-state index in [1.54, 1.807) is 6.07 Å². The van der Waals surface area contributed by atoms with Gasteiger partial charge in [-0.1, -0.05) is 17.2 Å². The van der Waals surface area contributed by atoms with Crippen LogP contribution in [0, 0.1) is 6.92 Å². The lowest BCUT2D eigenvalue weighted by molar-refractivity contribution is 0.233. The van der Waals surface area contributed by atoms with Gasteiger partial charge in [0.15, 0.2) is 0 Å². The van der Waals surface area contributed by atoms with Crippen LogP contribution in [0.4, 0.5) is 5.69 Å². The maximum absolute atomic E-state index is 9.33. The first-order chi connectivity index (χ1) is 9.61. The highest BCUT2D eigenvalue weighted by molar-refractivity contribution is 6.58. The summed E-state index contributed by atoms with van der Waals surface area (Å²) in [7, 11) is -1.56. The molecule has 1 aliphatic rings. The molecule has 1 aromatic carbocycles. The first kappa shape index (κ1) is 14.8. The summed E-state index contributed by atoms with van der Waals surface area (Å²) in [5.41, 5.74) is 11.2. The molecule has 106 valence electrons. The maximum atomic E-state index is 9.33. The number of rotatable bonds is 4. The van der Waals surface area contributed by atoms with Gasteiger partial charge in [-0.15, -0.1) is 0 Å². The highest BCUT2D eigenvalue weighted by atomic mass is 16.4. The fraction of sp³-hybridized carbons (Fsp3) is 0.500. The molecule has 0 radical (unpaired) electrons. The van der Waals surface area contributed by atoms with Crippen LogP contribution in [0.25, 0.3) is 10.4 Å². The van der Waals surface area contributed by atoms with E-state index < -0.39 is 7.12 Å². The average Bonchev–Trinajstić information content (AvgIpc) is 2.44. The molecule has 1 aromatic rings. The van der Waals surface area contributed by atoms with Gasteiger partial charge in [-0.3, -0.25) is 4.90 Å². The second-order valence-electron chi connectivity index (χ2n) is 4.91. The molecule has 7 nitrogen and oxygen atoms in total. The zero-order chi connectivity index (χ0) is 14.5. The highest BCUT2D eigenvalue weighted by Gasteiger charge is 2.17. The predicted octanol–water partition coefficient (Wildman–Crippen LogP) is 0.0218. The first-order valence-electron chi connectivity index (χ1n) is 6.59. The Kier molecular flexibility index (Phi) is 5.00. The molecule has 1 fully saturated rings. The third-order valence-electron chi connectivity index (χ3n) is 3.56. The Labute approximate surface area is 118 Å². The van der Waals surface area contributed by atoms with Gasteiger partial charge in [0.05, 0.1) is 0 Å². The van der Waals surface area contributed by atoms with E-state index in [1.165, 1.54) is 6.07 Å². The maximum Gasteiger partial charge on any atom is 0.488 e. The van der Waals surface area contributed by atoms with E-state index in [1.807, 2.05) is 6.92 Å². The van der Waals surface area contributed by atoms with Gasteiger partial charge in [0.1, 0.15) is 0 Å². The molecule has 20 heavy (non-hydrogen) atoms. The minimum absolute atomic E-state index is 0.350. The number of hydrogen-bond donors (Lipinski definition) is 3. The summed E-state index contributed by atoms with van der Waals surface area (Å²) in [4.78, 5) is 5.08. The summed E-state index contributed by atoms with van der Waals surface area (Å²) in [6.07, 6.45) is 0. The summed E-state index contributed by atoms with van der Waals surface area (Å²) in [6.45, 7) is 6.39. The van der Waals surface area contributed by atoms with Crippen LogP contribution in [0.15, 0.2) is 17.2 Å². The summed E-state index contributed by atoms with van der Waals surface area (Å²) in [5, 5.41) is 25.6. The lowest BCUT2D eigenvalue weighted by atomic mass is 9.78. The van der Waals surface area contributed by atoms with Crippen molar-refractivity contribution in [2.24, 2.45) is 5.11 Å². The van der Waals surface area contributed by atoms with E-state index in [9.17, 15) is 10.0 Å². The van der Waals surface area contributed by atoms with Crippen molar-refractivity contribution < 1.29 is 10.0 Å². The van der Waals surface area contributed by atoms with E-state index in [2.05, 4.69) is 20.2 Å². The van der Waals surface area contributed by atoms with E-state index in [4.69, 9.17) is 5.53 Å². The van der Waals surface area contributed by atoms with E-state index in [0.29, 0.717) is 17.7 Å². The number of nitrogens with zero attached hydrogens (tertiary/aromatic N) is 4. The van der Waals surface area contributed by atoms with Crippen LogP contribution in [-0.4, -0.2) is 48.2 Å². The average molecular weight is 275 g/mol. The van der Waals surface area contributed by atoms with Crippen LogP contribution in [-0.2, 0) is 6.54 Å². The van der Waals surface area contributed by atoms with E-state index in [0.717, 1.165) is 37.3 Å². The Morgan fingerprint density at radius 3 is 2.70 bits per heavy atom. The molecule has 0 spiro atoms. The minimum atomic E-state index is -1.56. The number of piperazine rings is 1. The Hall–Kier alpha value is -1.57. The van der Waals surface area contributed by atoms with Crippen LogP contribution < -0.4 is 10.8 Å². The zero-order valence-electron chi connectivity index (χ0n) is 11.5. The van der Waals surface area contributed by atoms with Crippen molar-refractivity contribution in [3.8, 4) is 0 Å². The number of hydrogen-bond acceptors (Lipinski definition) is 5. The Morgan fingerprint density at radius 2 is 2.10 bits per heavy atom. The lowest BCUT2D eigenvalue weighted by Gasteiger charge is -2.28. The predicted molar refractivity (Wildman–Crippen MR) is 78.0 cm³/mol. The van der Waals surface area contributed by atoms with Crippen molar-refractivity contribution in [3.05, 3.63) is 33.7 Å². The molecule has 1 heterocycles. The quantitative estimate of drug-likeness (QED) is 0.312. The number of nitrogens with one attached hydrogen (secondary N) is 1. The molecule has 8 heteroatoms. The van der Waals surface area contributed by atoms with Crippen LogP contribution in [0.3, 0.4) is 0 Å². The Morgan fingerprint density at radius 1 is 1.40 bits per heavy atom. The van der Waals surface area contributed by atoms with Gasteiger partial charge in [-0.05, 0) is 29.0 Å². The monoisotopic (exact) mass is 275 g/mol. The molecule has 0 aromatic heterocycles. The normalized spacial score (nSPS) is 15.8. The Bertz CT molecular complexity index is 525. The smallest absolute Gasteiger partial charge is 0.423 e. The van der Waals surface area contributed by atoms with Gasteiger partial charge in [0.2, 0.25) is 0 Å². The number of benzene rings is 1. The molecule has 0 atom stereocenters. The molecule has 1 aliphatic heterocycles. The van der Waals surface area contributed by atoms with Crippen LogP contribution in [0.5, 0.6) is 0 Å². The molecule has 2 rings (SSSR count). The van der Waals surface area contributed by atoms with Crippen molar-refractivity contribution >= 4 is 18.3 Å². The molecule has 0 saturated carbocycles. The van der Waals surface area contributed by atoms with E-state index in [-0.39, 0.29) is 0 Å². The second kappa shape index (κ2) is 6.74.